The molecule has 2 fully saturated rings. The number of anilines is 1. The molecule has 8 nitrogen and oxygen atoms in total. The minimum atomic E-state index is -3.86. The van der Waals surface area contributed by atoms with Crippen molar-refractivity contribution in [3.63, 3.8) is 0 Å². The fraction of sp³-hybridized carbons (Fsp3) is 0.500. The monoisotopic (exact) mass is 476 g/mol. The number of benzene rings is 1. The molecule has 1 aromatic rings. The molecule has 3 atom stereocenters. The molecule has 2 heterocycles. The number of nitrogens with zero attached hydrogens (tertiary/aromatic N) is 3. The van der Waals surface area contributed by atoms with E-state index in [9.17, 15) is 18.0 Å². The Hall–Kier alpha value is -2.39. The van der Waals surface area contributed by atoms with E-state index >= 15 is 0 Å². The number of hydrazone groups is 1. The number of urea groups is 1. The van der Waals surface area contributed by atoms with Crippen LogP contribution >= 0.6 is 11.6 Å². The number of fused-ring (bicyclic) bond motifs is 1. The first-order valence-electron chi connectivity index (χ1n) is 10.6. The van der Waals surface area contributed by atoms with E-state index < -0.39 is 32.9 Å². The van der Waals surface area contributed by atoms with Gasteiger partial charge in [0.1, 0.15) is 5.54 Å². The summed E-state index contributed by atoms with van der Waals surface area (Å²) in [6, 6.07) is 5.92. The molecule has 2 bridgehead atoms. The van der Waals surface area contributed by atoms with Crippen LogP contribution in [0.4, 0.5) is 10.5 Å². The molecule has 0 aromatic heterocycles. The third-order valence-corrected chi connectivity index (χ3v) is 9.93. The van der Waals surface area contributed by atoms with Crippen LogP contribution in [0.1, 0.15) is 40.0 Å². The maximum Gasteiger partial charge on any atom is 0.343 e. The van der Waals surface area contributed by atoms with Crippen molar-refractivity contribution >= 4 is 45.5 Å². The van der Waals surface area contributed by atoms with Gasteiger partial charge in [-0.1, -0.05) is 31.5 Å². The van der Waals surface area contributed by atoms with E-state index in [-0.39, 0.29) is 23.5 Å². The van der Waals surface area contributed by atoms with Gasteiger partial charge in [0.25, 0.3) is 5.91 Å². The van der Waals surface area contributed by atoms with E-state index in [2.05, 4.69) is 24.3 Å². The summed E-state index contributed by atoms with van der Waals surface area (Å²) in [7, 11) is -3.86. The van der Waals surface area contributed by atoms with Crippen LogP contribution in [0.5, 0.6) is 0 Å². The summed E-state index contributed by atoms with van der Waals surface area (Å²) >= 11 is 5.89. The average Bonchev–Trinajstić information content (AvgIpc) is 3.36. The van der Waals surface area contributed by atoms with Crippen LogP contribution in [-0.2, 0) is 14.8 Å². The van der Waals surface area contributed by atoms with Crippen molar-refractivity contribution in [3.05, 3.63) is 41.1 Å². The molecule has 1 saturated carbocycles. The molecule has 2 aliphatic heterocycles. The van der Waals surface area contributed by atoms with E-state index in [0.717, 1.165) is 22.2 Å². The van der Waals surface area contributed by atoms with E-state index in [0.29, 0.717) is 16.4 Å². The Bertz CT molecular complexity index is 1190. The Morgan fingerprint density at radius 3 is 2.53 bits per heavy atom. The summed E-state index contributed by atoms with van der Waals surface area (Å²) in [5, 5.41) is 8.38. The molecule has 10 heteroatoms. The summed E-state index contributed by atoms with van der Waals surface area (Å²) < 4.78 is 27.5. The van der Waals surface area contributed by atoms with Gasteiger partial charge in [0.2, 0.25) is 10.0 Å². The fourth-order valence-electron chi connectivity index (χ4n) is 5.79. The Morgan fingerprint density at radius 1 is 1.19 bits per heavy atom. The molecule has 4 aliphatic rings. The molecule has 1 aromatic carbocycles. The normalized spacial score (nSPS) is 33.4. The van der Waals surface area contributed by atoms with Gasteiger partial charge in [-0.15, -0.1) is 0 Å². The lowest BCUT2D eigenvalue weighted by atomic mass is 9.69. The minimum absolute atomic E-state index is 0.0744. The molecule has 5 rings (SSSR count). The Kier molecular flexibility index (Phi) is 4.41. The van der Waals surface area contributed by atoms with Crippen LogP contribution < -0.4 is 5.32 Å². The number of rotatable bonds is 2. The summed E-state index contributed by atoms with van der Waals surface area (Å²) in [4.78, 5) is 26.8. The number of nitrogens with one attached hydrogen (secondary N) is 1. The van der Waals surface area contributed by atoms with Crippen LogP contribution in [0.25, 0.3) is 0 Å². The lowest BCUT2D eigenvalue weighted by Gasteiger charge is -2.37. The first-order chi connectivity index (χ1) is 14.9. The molecule has 1 spiro atoms. The van der Waals surface area contributed by atoms with E-state index in [1.165, 1.54) is 6.21 Å². The van der Waals surface area contributed by atoms with Crippen LogP contribution in [0.2, 0.25) is 5.02 Å². The van der Waals surface area contributed by atoms with E-state index in [4.69, 9.17) is 11.6 Å². The van der Waals surface area contributed by atoms with Crippen molar-refractivity contribution in [1.29, 1.82) is 0 Å². The quantitative estimate of drug-likeness (QED) is 0.701. The zero-order chi connectivity index (χ0) is 23.1. The molecule has 2 aliphatic carbocycles. The third kappa shape index (κ3) is 2.67. The molecular formula is C22H25ClN4O4S. The first kappa shape index (κ1) is 21.5. The highest BCUT2D eigenvalue weighted by Crippen LogP contribution is 2.69. The number of amides is 3. The standard InChI is InChI=1S/C22H25ClN4O4S/c1-20(2)14-8-9-22(20)13-32(30,31)26(17(22)12-14)18(28)21(3)10-11-24-27(21)19(29)25-16-6-4-15(23)5-7-16/h4-7,11-12,14H,8-10,13H2,1-3H3,(H,25,29)/t14-,21-,22-/m1/s1. The Balaban J connectivity index is 1.46. The van der Waals surface area contributed by atoms with Crippen LogP contribution in [0.15, 0.2) is 41.1 Å². The zero-order valence-electron chi connectivity index (χ0n) is 18.1. The second kappa shape index (κ2) is 6.57. The molecule has 3 amide bonds. The summed E-state index contributed by atoms with van der Waals surface area (Å²) in [6.07, 6.45) is 5.22. The molecule has 1 saturated heterocycles. The highest BCUT2D eigenvalue weighted by Gasteiger charge is 2.70. The second-order valence-electron chi connectivity index (χ2n) is 9.85. The van der Waals surface area contributed by atoms with Crippen LogP contribution in [-0.4, -0.2) is 47.2 Å². The molecular weight excluding hydrogens is 452 g/mol. The van der Waals surface area contributed by atoms with Crippen LogP contribution in [0, 0.1) is 16.7 Å². The fourth-order valence-corrected chi connectivity index (χ4v) is 8.32. The number of carbonyl (C=O) groups excluding carboxylic acids is 2. The van der Waals surface area contributed by atoms with Crippen molar-refractivity contribution in [2.75, 3.05) is 11.1 Å². The van der Waals surface area contributed by atoms with Crippen molar-refractivity contribution in [1.82, 2.24) is 9.31 Å². The van der Waals surface area contributed by atoms with E-state index in [1.807, 2.05) is 6.08 Å². The SMILES string of the molecule is CC1(C)[C@H]2C=C3N(C(=O)[C@@]4(C)CC=NN4C(=O)Nc4ccc(Cl)cc4)S(=O)(=O)C[C@]31CC2. The lowest BCUT2D eigenvalue weighted by Crippen LogP contribution is -2.56. The van der Waals surface area contributed by atoms with Crippen molar-refractivity contribution < 1.29 is 18.0 Å². The van der Waals surface area contributed by atoms with Gasteiger partial charge in [-0.2, -0.15) is 10.1 Å². The van der Waals surface area contributed by atoms with Gasteiger partial charge in [0.05, 0.1) is 5.75 Å². The van der Waals surface area contributed by atoms with Gasteiger partial charge in [0, 0.05) is 34.5 Å². The summed E-state index contributed by atoms with van der Waals surface area (Å²) in [6.45, 7) is 5.73. The summed E-state index contributed by atoms with van der Waals surface area (Å²) in [5.41, 5.74) is -1.18. The summed E-state index contributed by atoms with van der Waals surface area (Å²) in [5.74, 6) is -0.484. The number of sulfonamides is 1. The predicted octanol–water partition coefficient (Wildman–Crippen LogP) is 3.81. The molecule has 0 radical (unpaired) electrons. The van der Waals surface area contributed by atoms with Gasteiger partial charge < -0.3 is 5.32 Å². The number of allylic oxidation sites excluding steroid dienone is 2. The molecule has 0 unspecified atom stereocenters. The van der Waals surface area contributed by atoms with Gasteiger partial charge in [0.15, 0.2) is 0 Å². The smallest absolute Gasteiger partial charge is 0.306 e. The first-order valence-corrected chi connectivity index (χ1v) is 12.6. The number of carbonyl (C=O) groups is 2. The largest absolute Gasteiger partial charge is 0.343 e. The zero-order valence-corrected chi connectivity index (χ0v) is 19.7. The number of halogens is 1. The van der Waals surface area contributed by atoms with Gasteiger partial charge in [-0.3, -0.25) is 4.79 Å². The lowest BCUT2D eigenvalue weighted by molar-refractivity contribution is -0.134. The van der Waals surface area contributed by atoms with Crippen LogP contribution in [0.3, 0.4) is 0 Å². The molecule has 32 heavy (non-hydrogen) atoms. The Morgan fingerprint density at radius 2 is 1.88 bits per heavy atom. The number of hydrogen-bond donors (Lipinski definition) is 1. The average molecular weight is 477 g/mol. The maximum absolute atomic E-state index is 13.8. The minimum Gasteiger partial charge on any atom is -0.306 e. The van der Waals surface area contributed by atoms with Crippen molar-refractivity contribution in [3.8, 4) is 0 Å². The topological polar surface area (TPSA) is 99.2 Å². The van der Waals surface area contributed by atoms with Crippen molar-refractivity contribution in [2.45, 2.75) is 45.6 Å². The Labute approximate surface area is 192 Å². The number of hydrogen-bond acceptors (Lipinski definition) is 5. The molecule has 1 N–H and O–H groups in total. The second-order valence-corrected chi connectivity index (χ2v) is 12.1. The van der Waals surface area contributed by atoms with Crippen molar-refractivity contribution in [2.24, 2.45) is 21.8 Å². The maximum atomic E-state index is 13.8. The highest BCUT2D eigenvalue weighted by atomic mass is 35.5. The van der Waals surface area contributed by atoms with Gasteiger partial charge in [-0.05, 0) is 55.4 Å². The third-order valence-electron chi connectivity index (χ3n) is 7.90. The highest BCUT2D eigenvalue weighted by molar-refractivity contribution is 7.90. The molecule has 170 valence electrons. The predicted molar refractivity (Wildman–Crippen MR) is 121 cm³/mol. The van der Waals surface area contributed by atoms with E-state index in [1.54, 1.807) is 31.2 Å². The van der Waals surface area contributed by atoms with Gasteiger partial charge in [-0.25, -0.2) is 17.5 Å². The van der Waals surface area contributed by atoms with Gasteiger partial charge >= 0.3 is 6.03 Å².